The van der Waals surface area contributed by atoms with Gasteiger partial charge in [-0.1, -0.05) is 41.4 Å². The van der Waals surface area contributed by atoms with E-state index in [4.69, 9.17) is 11.6 Å². The number of benzene rings is 2. The molecular formula is C21H21ClN4O. The van der Waals surface area contributed by atoms with Crippen LogP contribution in [0.2, 0.25) is 5.02 Å². The van der Waals surface area contributed by atoms with Gasteiger partial charge < -0.3 is 10.6 Å². The van der Waals surface area contributed by atoms with E-state index in [1.807, 2.05) is 50.2 Å². The van der Waals surface area contributed by atoms with E-state index in [-0.39, 0.29) is 5.91 Å². The molecule has 0 fully saturated rings. The molecule has 3 aromatic rings. The van der Waals surface area contributed by atoms with Gasteiger partial charge in [-0.15, -0.1) is 0 Å². The summed E-state index contributed by atoms with van der Waals surface area (Å²) < 4.78 is 0. The van der Waals surface area contributed by atoms with Crippen molar-refractivity contribution >= 4 is 29.0 Å². The highest BCUT2D eigenvalue weighted by molar-refractivity contribution is 6.30. The number of rotatable bonds is 5. The molecule has 2 aromatic carbocycles. The van der Waals surface area contributed by atoms with Gasteiger partial charge in [0.2, 0.25) is 0 Å². The molecule has 138 valence electrons. The highest BCUT2D eigenvalue weighted by atomic mass is 35.5. The quantitative estimate of drug-likeness (QED) is 0.671. The molecule has 0 saturated heterocycles. The number of aromatic nitrogens is 2. The Bertz CT molecular complexity index is 970. The normalized spacial score (nSPS) is 10.5. The molecule has 0 radical (unpaired) electrons. The van der Waals surface area contributed by atoms with Crippen LogP contribution in [0.3, 0.4) is 0 Å². The minimum Gasteiger partial charge on any atom is -0.347 e. The van der Waals surface area contributed by atoms with Crippen molar-refractivity contribution in [1.82, 2.24) is 15.3 Å². The second kappa shape index (κ2) is 8.18. The Morgan fingerprint density at radius 2 is 1.74 bits per heavy atom. The number of amides is 1. The molecule has 2 N–H and O–H groups in total. The summed E-state index contributed by atoms with van der Waals surface area (Å²) in [5.74, 6) is 0.845. The van der Waals surface area contributed by atoms with Crippen molar-refractivity contribution in [2.24, 2.45) is 0 Å². The van der Waals surface area contributed by atoms with Crippen molar-refractivity contribution in [1.29, 1.82) is 0 Å². The molecule has 3 rings (SSSR count). The van der Waals surface area contributed by atoms with Crippen LogP contribution in [0.1, 0.15) is 33.0 Å². The molecule has 0 atom stereocenters. The van der Waals surface area contributed by atoms with Crippen LogP contribution in [0.25, 0.3) is 0 Å². The summed E-state index contributed by atoms with van der Waals surface area (Å²) in [5, 5.41) is 6.80. The number of halogens is 1. The molecule has 0 aliphatic carbocycles. The van der Waals surface area contributed by atoms with Gasteiger partial charge in [0.1, 0.15) is 17.3 Å². The maximum absolute atomic E-state index is 12.5. The summed E-state index contributed by atoms with van der Waals surface area (Å²) in [6, 6.07) is 15.2. The number of anilines is 2. The fourth-order valence-corrected chi connectivity index (χ4v) is 2.86. The fraction of sp³-hybridized carbons (Fsp3) is 0.190. The molecule has 1 heterocycles. The van der Waals surface area contributed by atoms with E-state index in [9.17, 15) is 4.79 Å². The minimum absolute atomic E-state index is 0.239. The summed E-state index contributed by atoms with van der Waals surface area (Å²) >= 11 is 6.00. The zero-order chi connectivity index (χ0) is 19.4. The summed E-state index contributed by atoms with van der Waals surface area (Å²) in [4.78, 5) is 21.1. The van der Waals surface area contributed by atoms with Gasteiger partial charge in [-0.25, -0.2) is 9.97 Å². The van der Waals surface area contributed by atoms with Gasteiger partial charge in [0.05, 0.1) is 0 Å². The van der Waals surface area contributed by atoms with Crippen LogP contribution in [0, 0.1) is 20.8 Å². The first-order valence-corrected chi connectivity index (χ1v) is 9.01. The SMILES string of the molecule is Cc1ccc(CNC(=O)c2cc(Nc3ccc(Cl)cc3C)nc(C)n2)cc1. The summed E-state index contributed by atoms with van der Waals surface area (Å²) in [6.07, 6.45) is 0. The summed E-state index contributed by atoms with van der Waals surface area (Å²) in [6.45, 7) is 6.19. The number of nitrogens with one attached hydrogen (secondary N) is 2. The zero-order valence-electron chi connectivity index (χ0n) is 15.5. The molecule has 0 aliphatic rings. The Kier molecular flexibility index (Phi) is 5.72. The van der Waals surface area contributed by atoms with Gasteiger partial charge in [-0.05, 0) is 50.1 Å². The van der Waals surface area contributed by atoms with Crippen molar-refractivity contribution in [3.8, 4) is 0 Å². The molecule has 0 aliphatic heterocycles. The number of nitrogens with zero attached hydrogens (tertiary/aromatic N) is 2. The lowest BCUT2D eigenvalue weighted by Crippen LogP contribution is -2.24. The van der Waals surface area contributed by atoms with Gasteiger partial charge in [0.25, 0.3) is 5.91 Å². The lowest BCUT2D eigenvalue weighted by molar-refractivity contribution is 0.0945. The van der Waals surface area contributed by atoms with Crippen LogP contribution in [0.5, 0.6) is 0 Å². The van der Waals surface area contributed by atoms with Crippen molar-refractivity contribution < 1.29 is 4.79 Å². The van der Waals surface area contributed by atoms with Crippen LogP contribution < -0.4 is 10.6 Å². The van der Waals surface area contributed by atoms with Crippen molar-refractivity contribution in [3.63, 3.8) is 0 Å². The molecule has 1 aromatic heterocycles. The van der Waals surface area contributed by atoms with Crippen molar-refractivity contribution in [3.05, 3.63) is 81.8 Å². The summed E-state index contributed by atoms with van der Waals surface area (Å²) in [5.41, 5.74) is 4.41. The first kappa shape index (κ1) is 18.9. The fourth-order valence-electron chi connectivity index (χ4n) is 2.63. The van der Waals surface area contributed by atoms with Crippen LogP contribution in [0.4, 0.5) is 11.5 Å². The molecule has 0 spiro atoms. The van der Waals surface area contributed by atoms with Gasteiger partial charge in [-0.3, -0.25) is 4.79 Å². The van der Waals surface area contributed by atoms with E-state index >= 15 is 0 Å². The monoisotopic (exact) mass is 380 g/mol. The second-order valence-electron chi connectivity index (χ2n) is 6.44. The second-order valence-corrected chi connectivity index (χ2v) is 6.87. The minimum atomic E-state index is -0.239. The standard InChI is InChI=1S/C21H21ClN4O/c1-13-4-6-16(7-5-13)12-23-21(27)19-11-20(25-15(3)24-19)26-18-9-8-17(22)10-14(18)2/h4-11H,12H2,1-3H3,(H,23,27)(H,24,25,26). The first-order valence-electron chi connectivity index (χ1n) is 8.63. The van der Waals surface area contributed by atoms with E-state index in [1.54, 1.807) is 19.1 Å². The largest absolute Gasteiger partial charge is 0.347 e. The number of carbonyl (C=O) groups excluding carboxylic acids is 1. The molecule has 0 saturated carbocycles. The van der Waals surface area contributed by atoms with Gasteiger partial charge in [-0.2, -0.15) is 0 Å². The van der Waals surface area contributed by atoms with Crippen molar-refractivity contribution in [2.75, 3.05) is 5.32 Å². The predicted molar refractivity (Wildman–Crippen MR) is 109 cm³/mol. The van der Waals surface area contributed by atoms with Crippen molar-refractivity contribution in [2.45, 2.75) is 27.3 Å². The lowest BCUT2D eigenvalue weighted by atomic mass is 10.1. The van der Waals surface area contributed by atoms with E-state index in [2.05, 4.69) is 20.6 Å². The van der Waals surface area contributed by atoms with Gasteiger partial charge >= 0.3 is 0 Å². The Balaban J connectivity index is 1.73. The molecule has 5 nitrogen and oxygen atoms in total. The lowest BCUT2D eigenvalue weighted by Gasteiger charge is -2.11. The predicted octanol–water partition coefficient (Wildman–Crippen LogP) is 4.73. The molecule has 27 heavy (non-hydrogen) atoms. The van der Waals surface area contributed by atoms with E-state index < -0.39 is 0 Å². The molecule has 1 amide bonds. The molecule has 0 unspecified atom stereocenters. The maximum atomic E-state index is 12.5. The van der Waals surface area contributed by atoms with Crippen LogP contribution >= 0.6 is 11.6 Å². The third-order valence-corrected chi connectivity index (χ3v) is 4.33. The smallest absolute Gasteiger partial charge is 0.270 e. The maximum Gasteiger partial charge on any atom is 0.270 e. The van der Waals surface area contributed by atoms with Crippen LogP contribution in [-0.2, 0) is 6.54 Å². The van der Waals surface area contributed by atoms with Crippen LogP contribution in [0.15, 0.2) is 48.5 Å². The van der Waals surface area contributed by atoms with Gasteiger partial charge in [0, 0.05) is 23.3 Å². The highest BCUT2D eigenvalue weighted by Crippen LogP contribution is 2.23. The van der Waals surface area contributed by atoms with Crippen LogP contribution in [-0.4, -0.2) is 15.9 Å². The average molecular weight is 381 g/mol. The van der Waals surface area contributed by atoms with Gasteiger partial charge in [0.15, 0.2) is 0 Å². The number of carbonyl (C=O) groups is 1. The number of aryl methyl sites for hydroxylation is 3. The molecule has 0 bridgehead atoms. The Labute approximate surface area is 163 Å². The number of hydrogen-bond acceptors (Lipinski definition) is 4. The third-order valence-electron chi connectivity index (χ3n) is 4.10. The Morgan fingerprint density at radius 1 is 1.00 bits per heavy atom. The highest BCUT2D eigenvalue weighted by Gasteiger charge is 2.11. The van der Waals surface area contributed by atoms with E-state index in [0.29, 0.717) is 28.9 Å². The first-order chi connectivity index (χ1) is 12.9. The molecule has 6 heteroatoms. The topological polar surface area (TPSA) is 66.9 Å². The average Bonchev–Trinajstić information content (AvgIpc) is 2.63. The summed E-state index contributed by atoms with van der Waals surface area (Å²) in [7, 11) is 0. The zero-order valence-corrected chi connectivity index (χ0v) is 16.3. The van der Waals surface area contributed by atoms with E-state index in [0.717, 1.165) is 16.8 Å². The third kappa shape index (κ3) is 5.05. The Hall–Kier alpha value is -2.92. The van der Waals surface area contributed by atoms with E-state index in [1.165, 1.54) is 5.56 Å². The Morgan fingerprint density at radius 3 is 2.44 bits per heavy atom. The molecular weight excluding hydrogens is 360 g/mol. The number of hydrogen-bond donors (Lipinski definition) is 2.